The molecule has 0 aromatic heterocycles. The molecule has 2 aromatic rings. The number of aromatic hydroxyl groups is 1. The van der Waals surface area contributed by atoms with Gasteiger partial charge in [0, 0.05) is 6.08 Å². The lowest BCUT2D eigenvalue weighted by Crippen LogP contribution is -2.12. The number of carboxylic acid groups (broad SMARTS) is 1. The first-order valence-corrected chi connectivity index (χ1v) is 7.22. The van der Waals surface area contributed by atoms with Crippen molar-refractivity contribution >= 4 is 23.6 Å². The van der Waals surface area contributed by atoms with Crippen molar-refractivity contribution in [1.82, 2.24) is 0 Å². The summed E-state index contributed by atoms with van der Waals surface area (Å²) in [7, 11) is 3.02. The number of hydrogen-bond donors (Lipinski definition) is 3. The Morgan fingerprint density at radius 1 is 1.08 bits per heavy atom. The zero-order valence-corrected chi connectivity index (χ0v) is 13.6. The number of ether oxygens (including phenoxy) is 2. The number of anilines is 1. The monoisotopic (exact) mass is 343 g/mol. The topological polar surface area (TPSA) is 105 Å². The Balaban J connectivity index is 2.18. The predicted molar refractivity (Wildman–Crippen MR) is 92.3 cm³/mol. The minimum absolute atomic E-state index is 0.156. The van der Waals surface area contributed by atoms with E-state index in [9.17, 15) is 14.7 Å². The van der Waals surface area contributed by atoms with Gasteiger partial charge in [-0.3, -0.25) is 4.79 Å². The van der Waals surface area contributed by atoms with Crippen molar-refractivity contribution in [2.45, 2.75) is 0 Å². The van der Waals surface area contributed by atoms with Crippen LogP contribution in [0.15, 0.2) is 42.5 Å². The maximum absolute atomic E-state index is 12.0. The Morgan fingerprint density at radius 3 is 2.44 bits per heavy atom. The SMILES string of the molecule is COc1ccc(/C=C/C(=O)Nc2c(O)cccc2C(=O)O)cc1OC. The van der Waals surface area contributed by atoms with E-state index >= 15 is 0 Å². The molecule has 7 heteroatoms. The molecule has 2 aromatic carbocycles. The van der Waals surface area contributed by atoms with Crippen LogP contribution in [0.1, 0.15) is 15.9 Å². The van der Waals surface area contributed by atoms with Gasteiger partial charge >= 0.3 is 5.97 Å². The van der Waals surface area contributed by atoms with Crippen LogP contribution in [0.25, 0.3) is 6.08 Å². The van der Waals surface area contributed by atoms with Gasteiger partial charge in [0.15, 0.2) is 11.5 Å². The van der Waals surface area contributed by atoms with E-state index in [1.165, 1.54) is 44.6 Å². The van der Waals surface area contributed by atoms with Gasteiger partial charge in [0.25, 0.3) is 0 Å². The maximum atomic E-state index is 12.0. The number of rotatable bonds is 6. The smallest absolute Gasteiger partial charge is 0.337 e. The lowest BCUT2D eigenvalue weighted by molar-refractivity contribution is -0.111. The van der Waals surface area contributed by atoms with Crippen LogP contribution in [0.5, 0.6) is 17.2 Å². The van der Waals surface area contributed by atoms with E-state index in [1.807, 2.05) is 0 Å². The first kappa shape index (κ1) is 17.9. The number of aromatic carboxylic acids is 1. The van der Waals surface area contributed by atoms with Crippen molar-refractivity contribution in [2.75, 3.05) is 19.5 Å². The van der Waals surface area contributed by atoms with Crippen LogP contribution in [0.3, 0.4) is 0 Å². The van der Waals surface area contributed by atoms with Crippen molar-refractivity contribution in [3.05, 3.63) is 53.6 Å². The van der Waals surface area contributed by atoms with Crippen molar-refractivity contribution in [2.24, 2.45) is 0 Å². The lowest BCUT2D eigenvalue weighted by Gasteiger charge is -2.09. The number of phenolic OH excluding ortho intramolecular Hbond substituents is 1. The Kier molecular flexibility index (Phi) is 5.62. The molecular formula is C18H17NO6. The van der Waals surface area contributed by atoms with Gasteiger partial charge in [-0.1, -0.05) is 12.1 Å². The molecule has 1 amide bonds. The highest BCUT2D eigenvalue weighted by molar-refractivity contribution is 6.07. The standard InChI is InChI=1S/C18H17NO6/c1-24-14-8-6-11(10-15(14)25-2)7-9-16(21)19-17-12(18(22)23)4-3-5-13(17)20/h3-10,20H,1-2H3,(H,19,21)(H,22,23)/b9-7+. The fourth-order valence-corrected chi connectivity index (χ4v) is 2.14. The number of hydrogen-bond acceptors (Lipinski definition) is 5. The van der Waals surface area contributed by atoms with Gasteiger partial charge in [-0.25, -0.2) is 4.79 Å². The van der Waals surface area contributed by atoms with Crippen LogP contribution >= 0.6 is 0 Å². The molecule has 0 bridgehead atoms. The summed E-state index contributed by atoms with van der Waals surface area (Å²) in [5, 5.41) is 21.2. The third-order valence-corrected chi connectivity index (χ3v) is 3.36. The first-order chi connectivity index (χ1) is 12.0. The van der Waals surface area contributed by atoms with Crippen molar-refractivity contribution < 1.29 is 29.3 Å². The molecule has 25 heavy (non-hydrogen) atoms. The van der Waals surface area contributed by atoms with Gasteiger partial charge in [-0.05, 0) is 35.9 Å². The summed E-state index contributed by atoms with van der Waals surface area (Å²) in [4.78, 5) is 23.2. The molecule has 0 atom stereocenters. The molecule has 130 valence electrons. The molecule has 0 spiro atoms. The number of nitrogens with one attached hydrogen (secondary N) is 1. The summed E-state index contributed by atoms with van der Waals surface area (Å²) in [6.07, 6.45) is 2.75. The van der Waals surface area contributed by atoms with Crippen LogP contribution in [-0.4, -0.2) is 36.3 Å². The minimum Gasteiger partial charge on any atom is -0.506 e. The molecule has 2 rings (SSSR count). The Bertz CT molecular complexity index is 828. The van der Waals surface area contributed by atoms with Gasteiger partial charge in [0.2, 0.25) is 5.91 Å². The van der Waals surface area contributed by atoms with Crippen LogP contribution in [0.4, 0.5) is 5.69 Å². The van der Waals surface area contributed by atoms with Gasteiger partial charge in [0.05, 0.1) is 25.5 Å². The highest BCUT2D eigenvalue weighted by atomic mass is 16.5. The van der Waals surface area contributed by atoms with Gasteiger partial charge < -0.3 is 25.0 Å². The fourth-order valence-electron chi connectivity index (χ4n) is 2.14. The van der Waals surface area contributed by atoms with E-state index in [2.05, 4.69) is 5.32 Å². The molecule has 3 N–H and O–H groups in total. The summed E-state index contributed by atoms with van der Waals surface area (Å²) in [5.41, 5.74) is 0.327. The number of carbonyl (C=O) groups excluding carboxylic acids is 1. The highest BCUT2D eigenvalue weighted by Gasteiger charge is 2.15. The average molecular weight is 343 g/mol. The third-order valence-electron chi connectivity index (χ3n) is 3.36. The lowest BCUT2D eigenvalue weighted by atomic mass is 10.1. The number of amides is 1. The van der Waals surface area contributed by atoms with Crippen molar-refractivity contribution in [3.8, 4) is 17.2 Å². The minimum atomic E-state index is -1.25. The molecule has 0 fully saturated rings. The summed E-state index contributed by atoms with van der Waals surface area (Å²) >= 11 is 0. The number of phenols is 1. The molecule has 7 nitrogen and oxygen atoms in total. The fraction of sp³-hybridized carbons (Fsp3) is 0.111. The van der Waals surface area contributed by atoms with E-state index in [4.69, 9.17) is 14.6 Å². The number of carboxylic acids is 1. The predicted octanol–water partition coefficient (Wildman–Crippen LogP) is 2.76. The van der Waals surface area contributed by atoms with Crippen LogP contribution in [0, 0.1) is 0 Å². The molecule has 0 saturated carbocycles. The molecule has 0 aliphatic rings. The average Bonchev–Trinajstić information content (AvgIpc) is 2.61. The Hall–Kier alpha value is -3.48. The molecule has 0 unspecified atom stereocenters. The maximum Gasteiger partial charge on any atom is 0.337 e. The first-order valence-electron chi connectivity index (χ1n) is 7.22. The normalized spacial score (nSPS) is 10.5. The highest BCUT2D eigenvalue weighted by Crippen LogP contribution is 2.29. The van der Waals surface area contributed by atoms with Crippen molar-refractivity contribution in [1.29, 1.82) is 0 Å². The van der Waals surface area contributed by atoms with Gasteiger partial charge in [0.1, 0.15) is 5.75 Å². The second kappa shape index (κ2) is 7.87. The molecule has 0 radical (unpaired) electrons. The number of carbonyl (C=O) groups is 2. The molecule has 0 aliphatic carbocycles. The quantitative estimate of drug-likeness (QED) is 0.550. The Morgan fingerprint density at radius 2 is 1.80 bits per heavy atom. The number of para-hydroxylation sites is 1. The Labute approximate surface area is 144 Å². The number of benzene rings is 2. The van der Waals surface area contributed by atoms with Gasteiger partial charge in [-0.15, -0.1) is 0 Å². The molecule has 0 aliphatic heterocycles. The van der Waals surface area contributed by atoms with Gasteiger partial charge in [-0.2, -0.15) is 0 Å². The third kappa shape index (κ3) is 4.29. The van der Waals surface area contributed by atoms with Crippen molar-refractivity contribution in [3.63, 3.8) is 0 Å². The number of methoxy groups -OCH3 is 2. The zero-order chi connectivity index (χ0) is 18.4. The zero-order valence-electron chi connectivity index (χ0n) is 13.6. The van der Waals surface area contributed by atoms with E-state index in [1.54, 1.807) is 18.2 Å². The van der Waals surface area contributed by atoms with E-state index in [0.717, 1.165) is 0 Å². The second-order valence-electron chi connectivity index (χ2n) is 4.94. The largest absolute Gasteiger partial charge is 0.506 e. The van der Waals surface area contributed by atoms with Crippen LogP contribution in [0.2, 0.25) is 0 Å². The molecule has 0 heterocycles. The van der Waals surface area contributed by atoms with Crippen LogP contribution in [-0.2, 0) is 4.79 Å². The summed E-state index contributed by atoms with van der Waals surface area (Å²) in [5.74, 6) is -1.09. The second-order valence-corrected chi connectivity index (χ2v) is 4.94. The summed E-state index contributed by atoms with van der Waals surface area (Å²) < 4.78 is 10.3. The summed E-state index contributed by atoms with van der Waals surface area (Å²) in [6, 6.07) is 9.07. The molecular weight excluding hydrogens is 326 g/mol. The van der Waals surface area contributed by atoms with E-state index < -0.39 is 11.9 Å². The van der Waals surface area contributed by atoms with E-state index in [-0.39, 0.29) is 17.0 Å². The van der Waals surface area contributed by atoms with E-state index in [0.29, 0.717) is 17.1 Å². The molecule has 0 saturated heterocycles. The summed E-state index contributed by atoms with van der Waals surface area (Å²) in [6.45, 7) is 0. The van der Waals surface area contributed by atoms with Crippen LogP contribution < -0.4 is 14.8 Å².